The van der Waals surface area contributed by atoms with Crippen molar-refractivity contribution in [2.24, 2.45) is 0 Å². The summed E-state index contributed by atoms with van der Waals surface area (Å²) in [5, 5.41) is 0. The minimum absolute atomic E-state index is 0. The molecule has 0 nitrogen and oxygen atoms in total. The Morgan fingerprint density at radius 2 is 0.636 bits per heavy atom. The van der Waals surface area contributed by atoms with Gasteiger partial charge in [0.15, 0.2) is 0 Å². The predicted molar refractivity (Wildman–Crippen MR) is 104 cm³/mol. The molecule has 0 heterocycles. The van der Waals surface area contributed by atoms with Crippen LogP contribution in [0.1, 0.15) is 105 Å². The number of hydrogen-bond acceptors (Lipinski definition) is 0. The molecule has 0 aliphatic heterocycles. The average molecular weight is 442 g/mol. The first-order valence-electron chi connectivity index (χ1n) is 10.1. The van der Waals surface area contributed by atoms with E-state index in [-0.39, 0.29) is 24.0 Å². The Kier molecular flexibility index (Phi) is 21.4. The van der Waals surface area contributed by atoms with Crippen LogP contribution in [0.3, 0.4) is 0 Å². The molecule has 22 heavy (non-hydrogen) atoms. The normalized spacial score (nSPS) is 11.5. The van der Waals surface area contributed by atoms with Crippen LogP contribution in [-0.4, -0.2) is 24.6 Å². The van der Waals surface area contributed by atoms with E-state index < -0.39 is 7.26 Å². The van der Waals surface area contributed by atoms with E-state index in [4.69, 9.17) is 0 Å². The lowest BCUT2D eigenvalue weighted by Crippen LogP contribution is -3.00. The van der Waals surface area contributed by atoms with E-state index in [1.807, 2.05) is 0 Å². The van der Waals surface area contributed by atoms with Crippen molar-refractivity contribution < 1.29 is 24.0 Å². The number of halogens is 1. The van der Waals surface area contributed by atoms with Gasteiger partial charge in [0.2, 0.25) is 0 Å². The van der Waals surface area contributed by atoms with E-state index in [1.54, 1.807) is 24.6 Å². The summed E-state index contributed by atoms with van der Waals surface area (Å²) in [5.41, 5.74) is 0. The molecule has 0 bridgehead atoms. The highest BCUT2D eigenvalue weighted by atomic mass is 127. The van der Waals surface area contributed by atoms with Gasteiger partial charge in [-0.25, -0.2) is 0 Å². The minimum atomic E-state index is -0.615. The molecule has 0 saturated carbocycles. The van der Waals surface area contributed by atoms with Gasteiger partial charge in [-0.15, -0.1) is 0 Å². The van der Waals surface area contributed by atoms with Crippen molar-refractivity contribution in [3.63, 3.8) is 0 Å². The maximum Gasteiger partial charge on any atom is 0.0594 e. The van der Waals surface area contributed by atoms with Crippen molar-refractivity contribution in [1.82, 2.24) is 0 Å². The van der Waals surface area contributed by atoms with Gasteiger partial charge in [-0.1, -0.05) is 79.1 Å². The molecule has 2 heteroatoms. The fraction of sp³-hybridized carbons (Fsp3) is 1.00. The van der Waals surface area contributed by atoms with E-state index >= 15 is 0 Å². The molecular weight excluding hydrogens is 398 g/mol. The summed E-state index contributed by atoms with van der Waals surface area (Å²) < 4.78 is 0. The standard InChI is InChI=1S/C20H44P.HI/c1-5-9-13-17-21(18-14-10-6-2,19-15-11-7-3)20-16-12-8-4;/h5-20H2,1-4H3;1H/q+1;/p-1. The summed E-state index contributed by atoms with van der Waals surface area (Å²) in [5.74, 6) is 0. The Labute approximate surface area is 160 Å². The van der Waals surface area contributed by atoms with Crippen molar-refractivity contribution in [2.45, 2.75) is 105 Å². The van der Waals surface area contributed by atoms with E-state index in [1.165, 1.54) is 77.0 Å². The van der Waals surface area contributed by atoms with E-state index in [0.717, 1.165) is 0 Å². The number of unbranched alkanes of at least 4 members (excludes halogenated alkanes) is 8. The molecule has 0 saturated heterocycles. The maximum atomic E-state index is 2.35. The van der Waals surface area contributed by atoms with Gasteiger partial charge in [-0.05, 0) is 25.7 Å². The molecule has 0 unspecified atom stereocenters. The molecule has 0 fully saturated rings. The molecule has 0 radical (unpaired) electrons. The average Bonchev–Trinajstić information content (AvgIpc) is 2.48. The Hall–Kier alpha value is 1.16. The van der Waals surface area contributed by atoms with Gasteiger partial charge in [0.1, 0.15) is 0 Å². The van der Waals surface area contributed by atoms with Crippen LogP contribution in [0.2, 0.25) is 0 Å². The fourth-order valence-corrected chi connectivity index (χ4v) is 8.38. The van der Waals surface area contributed by atoms with Crippen LogP contribution in [0.25, 0.3) is 0 Å². The molecule has 0 aliphatic rings. The van der Waals surface area contributed by atoms with Crippen molar-refractivity contribution in [3.8, 4) is 0 Å². The zero-order chi connectivity index (χ0) is 15.8. The van der Waals surface area contributed by atoms with Crippen LogP contribution >= 0.6 is 7.26 Å². The molecular formula is C20H44IP. The zero-order valence-corrected chi connectivity index (χ0v) is 19.2. The lowest BCUT2D eigenvalue weighted by molar-refractivity contribution is -0.00000493. The van der Waals surface area contributed by atoms with Crippen LogP contribution in [0.15, 0.2) is 0 Å². The summed E-state index contributed by atoms with van der Waals surface area (Å²) >= 11 is 0. The Morgan fingerprint density at radius 1 is 0.409 bits per heavy atom. The van der Waals surface area contributed by atoms with E-state index in [2.05, 4.69) is 27.7 Å². The first-order valence-corrected chi connectivity index (χ1v) is 12.6. The van der Waals surface area contributed by atoms with Gasteiger partial charge in [0.25, 0.3) is 0 Å². The van der Waals surface area contributed by atoms with Gasteiger partial charge in [-0.2, -0.15) is 0 Å². The Bertz CT molecular complexity index is 160. The van der Waals surface area contributed by atoms with Gasteiger partial charge in [0, 0.05) is 7.26 Å². The first-order chi connectivity index (χ1) is 10.2. The lowest BCUT2D eigenvalue weighted by atomic mass is 10.3. The molecule has 0 aromatic carbocycles. The fourth-order valence-electron chi connectivity index (χ4n) is 3.46. The summed E-state index contributed by atoms with van der Waals surface area (Å²) in [7, 11) is -0.615. The van der Waals surface area contributed by atoms with Crippen LogP contribution in [0.5, 0.6) is 0 Å². The molecule has 0 aromatic heterocycles. The summed E-state index contributed by atoms with van der Waals surface area (Å²) in [4.78, 5) is 0. The second kappa shape index (κ2) is 18.5. The highest BCUT2D eigenvalue weighted by Crippen LogP contribution is 2.61. The molecule has 0 rings (SSSR count). The minimum Gasteiger partial charge on any atom is -1.00 e. The molecule has 0 spiro atoms. The van der Waals surface area contributed by atoms with Gasteiger partial charge in [0.05, 0.1) is 24.6 Å². The van der Waals surface area contributed by atoms with Crippen LogP contribution in [-0.2, 0) is 0 Å². The Morgan fingerprint density at radius 3 is 0.818 bits per heavy atom. The number of rotatable bonds is 16. The largest absolute Gasteiger partial charge is 1.00 e. The summed E-state index contributed by atoms with van der Waals surface area (Å²) in [6.45, 7) is 9.41. The molecule has 0 atom stereocenters. The van der Waals surface area contributed by atoms with E-state index in [0.29, 0.717) is 0 Å². The zero-order valence-electron chi connectivity index (χ0n) is 16.1. The van der Waals surface area contributed by atoms with E-state index in [9.17, 15) is 0 Å². The topological polar surface area (TPSA) is 0 Å². The molecule has 0 aliphatic carbocycles. The third-order valence-corrected chi connectivity index (χ3v) is 10.0. The second-order valence-electron chi connectivity index (χ2n) is 7.06. The quantitative estimate of drug-likeness (QED) is 0.184. The number of hydrogen-bond donors (Lipinski definition) is 0. The van der Waals surface area contributed by atoms with Gasteiger partial charge < -0.3 is 24.0 Å². The third-order valence-electron chi connectivity index (χ3n) is 4.94. The molecule has 0 N–H and O–H groups in total. The summed E-state index contributed by atoms with van der Waals surface area (Å²) in [6, 6.07) is 0. The van der Waals surface area contributed by atoms with Crippen molar-refractivity contribution >= 4 is 7.26 Å². The van der Waals surface area contributed by atoms with Crippen molar-refractivity contribution in [3.05, 3.63) is 0 Å². The molecule has 0 aromatic rings. The highest BCUT2D eigenvalue weighted by molar-refractivity contribution is 7.75. The second-order valence-corrected chi connectivity index (χ2v) is 11.5. The highest BCUT2D eigenvalue weighted by Gasteiger charge is 2.34. The lowest BCUT2D eigenvalue weighted by Gasteiger charge is -2.28. The first kappa shape index (κ1) is 25.4. The maximum absolute atomic E-state index is 2.35. The van der Waals surface area contributed by atoms with Gasteiger partial charge in [-0.3, -0.25) is 0 Å². The smallest absolute Gasteiger partial charge is 0.0594 e. The predicted octanol–water partition coefficient (Wildman–Crippen LogP) is 4.77. The molecule has 0 amide bonds. The van der Waals surface area contributed by atoms with Crippen molar-refractivity contribution in [1.29, 1.82) is 0 Å². The van der Waals surface area contributed by atoms with Crippen molar-refractivity contribution in [2.75, 3.05) is 24.6 Å². The monoisotopic (exact) mass is 442 g/mol. The SMILES string of the molecule is CCCCC[P+](CCCCC)(CCCCC)CCCCC.[I-]. The van der Waals surface area contributed by atoms with Crippen LogP contribution in [0, 0.1) is 0 Å². The molecule has 136 valence electrons. The van der Waals surface area contributed by atoms with Crippen LogP contribution in [0.4, 0.5) is 0 Å². The van der Waals surface area contributed by atoms with Crippen LogP contribution < -0.4 is 24.0 Å². The van der Waals surface area contributed by atoms with Gasteiger partial charge >= 0.3 is 0 Å². The Balaban J connectivity index is 0. The summed E-state index contributed by atoms with van der Waals surface area (Å²) in [6.07, 6.45) is 24.0. The third kappa shape index (κ3) is 13.6.